The van der Waals surface area contributed by atoms with E-state index < -0.39 is 0 Å². The molecule has 1 unspecified atom stereocenters. The van der Waals surface area contributed by atoms with E-state index in [4.69, 9.17) is 0 Å². The molecule has 2 amide bonds. The third kappa shape index (κ3) is 4.95. The fraction of sp³-hybridized carbons (Fsp3) is 0.895. The molecule has 1 heterocycles. The van der Waals surface area contributed by atoms with Crippen LogP contribution in [-0.2, 0) is 9.59 Å². The molecule has 1 aliphatic heterocycles. The minimum Gasteiger partial charge on any atom is -0.345 e. The van der Waals surface area contributed by atoms with Gasteiger partial charge >= 0.3 is 0 Å². The first-order valence-electron chi connectivity index (χ1n) is 9.75. The minimum atomic E-state index is -0.309. The largest absolute Gasteiger partial charge is 0.345 e. The zero-order chi connectivity index (χ0) is 17.1. The number of nitrogens with one attached hydrogen (secondary N) is 1. The first-order chi connectivity index (χ1) is 11.5. The van der Waals surface area contributed by atoms with Gasteiger partial charge in [-0.15, -0.1) is 0 Å². The van der Waals surface area contributed by atoms with Crippen molar-refractivity contribution in [1.82, 2.24) is 15.1 Å². The van der Waals surface area contributed by atoms with Crippen LogP contribution in [-0.4, -0.2) is 60.9 Å². The molecule has 0 spiro atoms. The molecule has 0 aromatic heterocycles. The van der Waals surface area contributed by atoms with Gasteiger partial charge < -0.3 is 15.1 Å². The average Bonchev–Trinajstić information content (AvgIpc) is 3.16. The molecular weight excluding hydrogens is 302 g/mol. The van der Waals surface area contributed by atoms with Gasteiger partial charge in [-0.25, -0.2) is 0 Å². The van der Waals surface area contributed by atoms with Gasteiger partial charge in [0.15, 0.2) is 0 Å². The van der Waals surface area contributed by atoms with Crippen molar-refractivity contribution in [1.29, 1.82) is 0 Å². The highest BCUT2D eigenvalue weighted by atomic mass is 16.2. The SMILES string of the molecule is CC(=O)N[C@H](CC1CCC1)C(=O)N1CCC(CN(C)CC2CC2)C1. The molecule has 3 aliphatic rings. The Morgan fingerprint density at radius 2 is 1.79 bits per heavy atom. The van der Waals surface area contributed by atoms with Crippen molar-refractivity contribution in [3.8, 4) is 0 Å². The van der Waals surface area contributed by atoms with Gasteiger partial charge in [0.2, 0.25) is 11.8 Å². The summed E-state index contributed by atoms with van der Waals surface area (Å²) in [4.78, 5) is 28.8. The summed E-state index contributed by atoms with van der Waals surface area (Å²) in [5.41, 5.74) is 0. The minimum absolute atomic E-state index is 0.0902. The zero-order valence-corrected chi connectivity index (χ0v) is 15.3. The Hall–Kier alpha value is -1.10. The van der Waals surface area contributed by atoms with Crippen LogP contribution in [0.3, 0.4) is 0 Å². The molecule has 2 atom stereocenters. The van der Waals surface area contributed by atoms with E-state index >= 15 is 0 Å². The second-order valence-corrected chi connectivity index (χ2v) is 8.39. The second-order valence-electron chi connectivity index (χ2n) is 8.39. The summed E-state index contributed by atoms with van der Waals surface area (Å²) in [5, 5.41) is 2.91. The normalized spacial score (nSPS) is 25.6. The molecular formula is C19H33N3O2. The Morgan fingerprint density at radius 1 is 1.08 bits per heavy atom. The summed E-state index contributed by atoms with van der Waals surface area (Å²) in [7, 11) is 2.21. The number of hydrogen-bond donors (Lipinski definition) is 1. The molecule has 5 heteroatoms. The van der Waals surface area contributed by atoms with E-state index in [1.54, 1.807) is 0 Å². The molecule has 1 saturated heterocycles. The summed E-state index contributed by atoms with van der Waals surface area (Å²) in [5.74, 6) is 2.17. The smallest absolute Gasteiger partial charge is 0.245 e. The summed E-state index contributed by atoms with van der Waals surface area (Å²) in [6, 6.07) is -0.309. The molecule has 2 saturated carbocycles. The van der Waals surface area contributed by atoms with Gasteiger partial charge in [-0.2, -0.15) is 0 Å². The number of carbonyl (C=O) groups is 2. The maximum absolute atomic E-state index is 12.9. The monoisotopic (exact) mass is 335 g/mol. The third-order valence-corrected chi connectivity index (χ3v) is 5.90. The summed E-state index contributed by atoms with van der Waals surface area (Å²) in [6.45, 7) is 5.52. The standard InChI is InChI=1S/C19H33N3O2/c1-14(23)20-18(10-15-4-3-5-15)19(24)22-9-8-17(13-22)12-21(2)11-16-6-7-16/h15-18H,3-13H2,1-2H3,(H,20,23)/t17?,18-/m1/s1. The number of amides is 2. The van der Waals surface area contributed by atoms with Crippen LogP contribution < -0.4 is 5.32 Å². The highest BCUT2D eigenvalue weighted by Gasteiger charge is 2.34. The Bertz CT molecular complexity index is 460. The lowest BCUT2D eigenvalue weighted by molar-refractivity contribution is -0.136. The van der Waals surface area contributed by atoms with E-state index in [-0.39, 0.29) is 17.9 Å². The lowest BCUT2D eigenvalue weighted by atomic mass is 9.80. The predicted molar refractivity (Wildman–Crippen MR) is 94.5 cm³/mol. The summed E-state index contributed by atoms with van der Waals surface area (Å²) in [6.07, 6.45) is 8.37. The lowest BCUT2D eigenvalue weighted by Gasteiger charge is -2.31. The van der Waals surface area contributed by atoms with Crippen molar-refractivity contribution >= 4 is 11.8 Å². The third-order valence-electron chi connectivity index (χ3n) is 5.90. The Kier molecular flexibility index (Phi) is 5.80. The first kappa shape index (κ1) is 17.7. The molecule has 0 aromatic carbocycles. The molecule has 3 rings (SSSR count). The summed E-state index contributed by atoms with van der Waals surface area (Å²) < 4.78 is 0. The van der Waals surface area contributed by atoms with Gasteiger partial charge in [0.05, 0.1) is 0 Å². The Labute approximate surface area is 146 Å². The molecule has 5 nitrogen and oxygen atoms in total. The van der Waals surface area contributed by atoms with Gasteiger partial charge in [-0.05, 0) is 50.5 Å². The summed E-state index contributed by atoms with van der Waals surface area (Å²) >= 11 is 0. The lowest BCUT2D eigenvalue weighted by Crippen LogP contribution is -2.48. The molecule has 2 aliphatic carbocycles. The van der Waals surface area contributed by atoms with Gasteiger partial charge in [-0.3, -0.25) is 9.59 Å². The predicted octanol–water partition coefficient (Wildman–Crippen LogP) is 1.87. The van der Waals surface area contributed by atoms with Crippen LogP contribution in [0.25, 0.3) is 0 Å². The van der Waals surface area contributed by atoms with Gasteiger partial charge in [-0.1, -0.05) is 19.3 Å². The van der Waals surface area contributed by atoms with E-state index in [0.717, 1.165) is 38.4 Å². The number of carbonyl (C=O) groups excluding carboxylic acids is 2. The fourth-order valence-electron chi connectivity index (χ4n) is 4.19. The molecule has 24 heavy (non-hydrogen) atoms. The van der Waals surface area contributed by atoms with Gasteiger partial charge in [0.1, 0.15) is 6.04 Å². The number of likely N-dealkylation sites (tertiary alicyclic amines) is 1. The van der Waals surface area contributed by atoms with Gasteiger partial charge in [0, 0.05) is 33.1 Å². The van der Waals surface area contributed by atoms with Gasteiger partial charge in [0.25, 0.3) is 0 Å². The number of hydrogen-bond acceptors (Lipinski definition) is 3. The van der Waals surface area contributed by atoms with E-state index in [9.17, 15) is 9.59 Å². The van der Waals surface area contributed by atoms with Crippen LogP contribution in [0, 0.1) is 17.8 Å². The van der Waals surface area contributed by atoms with Crippen LogP contribution in [0.1, 0.15) is 51.9 Å². The van der Waals surface area contributed by atoms with Crippen LogP contribution in [0.15, 0.2) is 0 Å². The van der Waals surface area contributed by atoms with Crippen molar-refractivity contribution in [2.45, 2.75) is 57.9 Å². The maximum Gasteiger partial charge on any atom is 0.245 e. The highest BCUT2D eigenvalue weighted by Crippen LogP contribution is 2.32. The van der Waals surface area contributed by atoms with Crippen molar-refractivity contribution in [3.63, 3.8) is 0 Å². The molecule has 136 valence electrons. The van der Waals surface area contributed by atoms with Crippen molar-refractivity contribution in [2.75, 3.05) is 33.2 Å². The van der Waals surface area contributed by atoms with E-state index in [0.29, 0.717) is 11.8 Å². The van der Waals surface area contributed by atoms with Crippen LogP contribution >= 0.6 is 0 Å². The highest BCUT2D eigenvalue weighted by molar-refractivity contribution is 5.87. The number of rotatable bonds is 8. The maximum atomic E-state index is 12.9. The number of nitrogens with zero attached hydrogens (tertiary/aromatic N) is 2. The zero-order valence-electron chi connectivity index (χ0n) is 15.3. The molecule has 0 radical (unpaired) electrons. The van der Waals surface area contributed by atoms with Crippen molar-refractivity contribution in [3.05, 3.63) is 0 Å². The van der Waals surface area contributed by atoms with E-state index in [2.05, 4.69) is 17.3 Å². The van der Waals surface area contributed by atoms with Crippen molar-refractivity contribution in [2.24, 2.45) is 17.8 Å². The molecule has 1 N–H and O–H groups in total. The molecule has 0 aromatic rings. The quantitative estimate of drug-likeness (QED) is 0.737. The van der Waals surface area contributed by atoms with E-state index in [1.165, 1.54) is 45.6 Å². The van der Waals surface area contributed by atoms with Crippen LogP contribution in [0.2, 0.25) is 0 Å². The fourth-order valence-corrected chi connectivity index (χ4v) is 4.19. The Balaban J connectivity index is 1.47. The van der Waals surface area contributed by atoms with E-state index in [1.807, 2.05) is 4.90 Å². The van der Waals surface area contributed by atoms with Crippen LogP contribution in [0.5, 0.6) is 0 Å². The topological polar surface area (TPSA) is 52.7 Å². The van der Waals surface area contributed by atoms with Crippen molar-refractivity contribution < 1.29 is 9.59 Å². The molecule has 0 bridgehead atoms. The van der Waals surface area contributed by atoms with Crippen LogP contribution in [0.4, 0.5) is 0 Å². The average molecular weight is 335 g/mol. The second kappa shape index (κ2) is 7.85. The first-order valence-corrected chi connectivity index (χ1v) is 9.75. The molecule has 3 fully saturated rings. The Morgan fingerprint density at radius 3 is 2.38 bits per heavy atom.